The van der Waals surface area contributed by atoms with E-state index in [4.69, 9.17) is 5.73 Å². The number of nitrogens with zero attached hydrogens (tertiary/aromatic N) is 3. The van der Waals surface area contributed by atoms with Crippen LogP contribution in [0.25, 0.3) is 0 Å². The molecule has 6 nitrogen and oxygen atoms in total. The second kappa shape index (κ2) is 4.31. The van der Waals surface area contributed by atoms with Gasteiger partial charge in [0.25, 0.3) is 0 Å². The maximum Gasteiger partial charge on any atom is 0.249 e. The molecule has 0 radical (unpaired) electrons. The summed E-state index contributed by atoms with van der Waals surface area (Å²) in [4.78, 5) is 16.3. The van der Waals surface area contributed by atoms with Crippen LogP contribution in [0.2, 0.25) is 0 Å². The van der Waals surface area contributed by atoms with Crippen LogP contribution in [0, 0.1) is 0 Å². The first-order valence-corrected chi connectivity index (χ1v) is 6.02. The fourth-order valence-electron chi connectivity index (χ4n) is 2.10. The predicted molar refractivity (Wildman–Crippen MR) is 70.2 cm³/mol. The van der Waals surface area contributed by atoms with Crippen molar-refractivity contribution in [2.24, 2.45) is 0 Å². The van der Waals surface area contributed by atoms with Gasteiger partial charge in [0.1, 0.15) is 0 Å². The molecule has 1 aliphatic rings. The molecule has 0 saturated heterocycles. The molecule has 0 aliphatic heterocycles. The summed E-state index contributed by atoms with van der Waals surface area (Å²) in [5.74, 6) is 0.138. The number of carbonyl (C=O) groups is 1. The summed E-state index contributed by atoms with van der Waals surface area (Å²) in [6.07, 6.45) is 4.60. The Kier molecular flexibility index (Phi) is 2.63. The van der Waals surface area contributed by atoms with Crippen molar-refractivity contribution >= 4 is 17.5 Å². The molecule has 19 heavy (non-hydrogen) atoms. The number of nitrogens with two attached hydrogens (primary N) is 1. The van der Waals surface area contributed by atoms with Gasteiger partial charge in [0.2, 0.25) is 11.9 Å². The Labute approximate surface area is 110 Å². The molecule has 1 aromatic heterocycles. The highest BCUT2D eigenvalue weighted by molar-refractivity contribution is 6.00. The highest BCUT2D eigenvalue weighted by Gasteiger charge is 2.51. The zero-order valence-corrected chi connectivity index (χ0v) is 10.2. The van der Waals surface area contributed by atoms with Crippen LogP contribution in [0.1, 0.15) is 18.4 Å². The van der Waals surface area contributed by atoms with E-state index in [0.717, 1.165) is 18.4 Å². The van der Waals surface area contributed by atoms with Crippen LogP contribution < -0.4 is 11.1 Å². The topological polar surface area (TPSA) is 93.8 Å². The van der Waals surface area contributed by atoms with Gasteiger partial charge in [-0.1, -0.05) is 12.1 Å². The molecule has 96 valence electrons. The van der Waals surface area contributed by atoms with Gasteiger partial charge in [0.05, 0.1) is 17.8 Å². The molecular weight excluding hydrogens is 242 g/mol. The maximum atomic E-state index is 12.3. The first kappa shape index (κ1) is 11.6. The first-order chi connectivity index (χ1) is 9.21. The first-order valence-electron chi connectivity index (χ1n) is 6.02. The van der Waals surface area contributed by atoms with E-state index in [1.807, 2.05) is 24.3 Å². The molecule has 1 aromatic carbocycles. The van der Waals surface area contributed by atoms with Gasteiger partial charge >= 0.3 is 0 Å². The molecular formula is C13H13N5O. The molecule has 3 N–H and O–H groups in total. The Morgan fingerprint density at radius 2 is 1.95 bits per heavy atom. The molecule has 2 aromatic rings. The maximum absolute atomic E-state index is 12.3. The lowest BCUT2D eigenvalue weighted by atomic mass is 9.95. The molecule has 1 fully saturated rings. The second-order valence-corrected chi connectivity index (χ2v) is 4.62. The number of hydrogen-bond acceptors (Lipinski definition) is 5. The highest BCUT2D eigenvalue weighted by atomic mass is 16.2. The smallest absolute Gasteiger partial charge is 0.249 e. The number of nitrogen functional groups attached to an aromatic ring is 1. The van der Waals surface area contributed by atoms with Crippen molar-refractivity contribution in [1.29, 1.82) is 0 Å². The Hall–Kier alpha value is -2.50. The van der Waals surface area contributed by atoms with Crippen LogP contribution in [0.4, 0.5) is 11.6 Å². The van der Waals surface area contributed by atoms with Gasteiger partial charge in [0, 0.05) is 5.69 Å². The van der Waals surface area contributed by atoms with Crippen molar-refractivity contribution in [3.8, 4) is 0 Å². The molecule has 0 bridgehead atoms. The summed E-state index contributed by atoms with van der Waals surface area (Å²) in [6.45, 7) is 0. The average Bonchev–Trinajstić information content (AvgIpc) is 3.22. The van der Waals surface area contributed by atoms with E-state index in [1.165, 1.54) is 12.4 Å². The lowest BCUT2D eigenvalue weighted by molar-refractivity contribution is -0.118. The number of amides is 1. The molecule has 3 rings (SSSR count). The van der Waals surface area contributed by atoms with Gasteiger partial charge in [-0.05, 0) is 30.5 Å². The third-order valence-corrected chi connectivity index (χ3v) is 3.36. The summed E-state index contributed by atoms with van der Waals surface area (Å²) in [5.41, 5.74) is 6.86. The molecule has 0 unspecified atom stereocenters. The minimum Gasteiger partial charge on any atom is -0.399 e. The van der Waals surface area contributed by atoms with Crippen molar-refractivity contribution in [3.63, 3.8) is 0 Å². The molecule has 1 saturated carbocycles. The zero-order valence-electron chi connectivity index (χ0n) is 10.2. The van der Waals surface area contributed by atoms with E-state index < -0.39 is 5.41 Å². The number of aromatic nitrogens is 3. The van der Waals surface area contributed by atoms with E-state index in [1.54, 1.807) is 0 Å². The SMILES string of the molecule is Nc1ccc(C2(C(=O)Nc3nccnn3)CC2)cc1. The summed E-state index contributed by atoms with van der Waals surface area (Å²) in [7, 11) is 0. The number of rotatable bonds is 3. The van der Waals surface area contributed by atoms with E-state index in [0.29, 0.717) is 5.69 Å². The van der Waals surface area contributed by atoms with Crippen LogP contribution in [0.3, 0.4) is 0 Å². The fraction of sp³-hybridized carbons (Fsp3) is 0.231. The number of benzene rings is 1. The number of anilines is 2. The van der Waals surface area contributed by atoms with Gasteiger partial charge in [0.15, 0.2) is 0 Å². The molecule has 0 atom stereocenters. The normalized spacial score (nSPS) is 15.8. The van der Waals surface area contributed by atoms with Gasteiger partial charge in [-0.15, -0.1) is 5.10 Å². The van der Waals surface area contributed by atoms with Crippen molar-refractivity contribution in [3.05, 3.63) is 42.2 Å². The minimum absolute atomic E-state index is 0.0923. The molecule has 1 heterocycles. The van der Waals surface area contributed by atoms with Crippen molar-refractivity contribution in [1.82, 2.24) is 15.2 Å². The van der Waals surface area contributed by atoms with Crippen LogP contribution in [0.15, 0.2) is 36.7 Å². The van der Waals surface area contributed by atoms with E-state index in [-0.39, 0.29) is 11.9 Å². The third-order valence-electron chi connectivity index (χ3n) is 3.36. The molecule has 6 heteroatoms. The summed E-state index contributed by atoms with van der Waals surface area (Å²) in [6, 6.07) is 7.41. The number of nitrogens with one attached hydrogen (secondary N) is 1. The third kappa shape index (κ3) is 2.12. The Bertz CT molecular complexity index is 592. The second-order valence-electron chi connectivity index (χ2n) is 4.62. The zero-order chi connectivity index (χ0) is 13.3. The standard InChI is InChI=1S/C13H13N5O/c14-10-3-1-9(2-4-10)13(5-6-13)11(19)17-12-15-7-8-16-18-12/h1-4,7-8H,5-6,14H2,(H,15,17,18,19). The quantitative estimate of drug-likeness (QED) is 0.802. The van der Waals surface area contributed by atoms with Gasteiger partial charge in [-0.25, -0.2) is 4.98 Å². The number of carbonyl (C=O) groups excluding carboxylic acids is 1. The van der Waals surface area contributed by atoms with Gasteiger partial charge in [-0.2, -0.15) is 5.10 Å². The molecule has 1 amide bonds. The van der Waals surface area contributed by atoms with Crippen LogP contribution >= 0.6 is 0 Å². The Morgan fingerprint density at radius 3 is 2.53 bits per heavy atom. The predicted octanol–water partition coefficient (Wildman–Crippen LogP) is 1.12. The summed E-state index contributed by atoms with van der Waals surface area (Å²) < 4.78 is 0. The van der Waals surface area contributed by atoms with Crippen LogP contribution in [-0.2, 0) is 10.2 Å². The number of hydrogen-bond donors (Lipinski definition) is 2. The van der Waals surface area contributed by atoms with Crippen LogP contribution in [0.5, 0.6) is 0 Å². The van der Waals surface area contributed by atoms with Crippen molar-refractivity contribution < 1.29 is 4.79 Å². The minimum atomic E-state index is -0.465. The monoisotopic (exact) mass is 255 g/mol. The lowest BCUT2D eigenvalue weighted by Gasteiger charge is -2.14. The summed E-state index contributed by atoms with van der Waals surface area (Å²) in [5, 5.41) is 10.1. The summed E-state index contributed by atoms with van der Waals surface area (Å²) >= 11 is 0. The average molecular weight is 255 g/mol. The van der Waals surface area contributed by atoms with Crippen LogP contribution in [-0.4, -0.2) is 21.1 Å². The van der Waals surface area contributed by atoms with Crippen molar-refractivity contribution in [2.45, 2.75) is 18.3 Å². The molecule has 1 aliphatic carbocycles. The fourth-order valence-corrected chi connectivity index (χ4v) is 2.10. The lowest BCUT2D eigenvalue weighted by Crippen LogP contribution is -2.28. The van der Waals surface area contributed by atoms with E-state index in [9.17, 15) is 4.79 Å². The highest BCUT2D eigenvalue weighted by Crippen LogP contribution is 2.48. The molecule has 0 spiro atoms. The van der Waals surface area contributed by atoms with E-state index >= 15 is 0 Å². The largest absolute Gasteiger partial charge is 0.399 e. The van der Waals surface area contributed by atoms with E-state index in [2.05, 4.69) is 20.5 Å². The van der Waals surface area contributed by atoms with Gasteiger partial charge in [-0.3, -0.25) is 10.1 Å². The van der Waals surface area contributed by atoms with Gasteiger partial charge < -0.3 is 5.73 Å². The Balaban J connectivity index is 1.81. The van der Waals surface area contributed by atoms with Crippen molar-refractivity contribution in [2.75, 3.05) is 11.1 Å². The Morgan fingerprint density at radius 1 is 1.21 bits per heavy atom.